The Morgan fingerprint density at radius 1 is 1.32 bits per heavy atom. The predicted octanol–water partition coefficient (Wildman–Crippen LogP) is 2.19. The smallest absolute Gasteiger partial charge is 0.236 e. The molecular weight excluding hydrogens is 244 g/mol. The first kappa shape index (κ1) is 12.4. The number of carbonyl (C=O) groups excluding carboxylic acids is 2. The Balaban J connectivity index is 1.79. The molecule has 1 aliphatic carbocycles. The van der Waals surface area contributed by atoms with Crippen LogP contribution in [-0.4, -0.2) is 21.9 Å². The van der Waals surface area contributed by atoms with Crippen molar-refractivity contribution in [1.82, 2.24) is 10.1 Å². The van der Waals surface area contributed by atoms with Crippen LogP contribution in [0.25, 0.3) is 0 Å². The lowest BCUT2D eigenvalue weighted by atomic mass is 9.73. The van der Waals surface area contributed by atoms with Gasteiger partial charge in [0.2, 0.25) is 11.8 Å². The van der Waals surface area contributed by atoms with Crippen molar-refractivity contribution in [3.8, 4) is 0 Å². The van der Waals surface area contributed by atoms with E-state index in [0.29, 0.717) is 12.2 Å². The zero-order chi connectivity index (χ0) is 13.5. The molecule has 5 heteroatoms. The molecule has 2 fully saturated rings. The molecule has 0 bridgehead atoms. The lowest BCUT2D eigenvalue weighted by Gasteiger charge is -2.30. The summed E-state index contributed by atoms with van der Waals surface area (Å²) in [6, 6.07) is 1.77. The number of carbonyl (C=O) groups is 2. The Kier molecular flexibility index (Phi) is 2.92. The molecule has 2 amide bonds. The van der Waals surface area contributed by atoms with E-state index in [-0.39, 0.29) is 18.4 Å². The third-order valence-electron chi connectivity index (χ3n) is 4.29. The van der Waals surface area contributed by atoms with Crippen LogP contribution in [0.2, 0.25) is 0 Å². The van der Waals surface area contributed by atoms with E-state index in [1.165, 1.54) is 11.3 Å². The third-order valence-corrected chi connectivity index (χ3v) is 4.29. The number of aryl methyl sites for hydroxylation is 1. The van der Waals surface area contributed by atoms with E-state index in [1.54, 1.807) is 6.07 Å². The van der Waals surface area contributed by atoms with Crippen LogP contribution in [0, 0.1) is 12.3 Å². The summed E-state index contributed by atoms with van der Waals surface area (Å²) in [5, 5.41) is 3.79. The fourth-order valence-electron chi connectivity index (χ4n) is 3.29. The molecule has 3 rings (SSSR count). The summed E-state index contributed by atoms with van der Waals surface area (Å²) < 4.78 is 5.10. The molecule has 1 spiro atoms. The van der Waals surface area contributed by atoms with Gasteiger partial charge >= 0.3 is 0 Å². The zero-order valence-electron chi connectivity index (χ0n) is 11.1. The second kappa shape index (κ2) is 4.47. The summed E-state index contributed by atoms with van der Waals surface area (Å²) in [6.07, 6.45) is 5.35. The van der Waals surface area contributed by atoms with Crippen LogP contribution >= 0.6 is 0 Å². The van der Waals surface area contributed by atoms with Gasteiger partial charge in [-0.2, -0.15) is 0 Å². The molecule has 1 aromatic rings. The summed E-state index contributed by atoms with van der Waals surface area (Å²) in [5.74, 6) is 0.499. The van der Waals surface area contributed by atoms with Crippen molar-refractivity contribution in [1.29, 1.82) is 0 Å². The van der Waals surface area contributed by atoms with Crippen LogP contribution in [0.15, 0.2) is 10.6 Å². The molecule has 2 aliphatic rings. The number of imide groups is 1. The molecular formula is C14H18N2O3. The molecule has 19 heavy (non-hydrogen) atoms. The number of aromatic nitrogens is 1. The van der Waals surface area contributed by atoms with Crippen LogP contribution in [0.1, 0.15) is 50.0 Å². The van der Waals surface area contributed by atoms with Gasteiger partial charge < -0.3 is 4.52 Å². The van der Waals surface area contributed by atoms with Crippen molar-refractivity contribution in [3.63, 3.8) is 0 Å². The van der Waals surface area contributed by atoms with Gasteiger partial charge in [0.15, 0.2) is 5.76 Å². The Morgan fingerprint density at radius 3 is 2.68 bits per heavy atom. The molecule has 0 aromatic carbocycles. The first-order valence-corrected chi connectivity index (χ1v) is 6.88. The number of likely N-dealkylation sites (tertiary alicyclic amines) is 1. The number of hydrogen-bond acceptors (Lipinski definition) is 4. The SMILES string of the molecule is Cc1cc(CN2C(=O)CC3(CCCCC3)C2=O)on1. The predicted molar refractivity (Wildman–Crippen MR) is 66.9 cm³/mol. The van der Waals surface area contributed by atoms with Gasteiger partial charge in [-0.05, 0) is 19.8 Å². The highest BCUT2D eigenvalue weighted by Crippen LogP contribution is 2.45. The van der Waals surface area contributed by atoms with E-state index < -0.39 is 5.41 Å². The van der Waals surface area contributed by atoms with Gasteiger partial charge in [-0.15, -0.1) is 0 Å². The lowest BCUT2D eigenvalue weighted by molar-refractivity contribution is -0.143. The molecule has 1 saturated heterocycles. The average molecular weight is 262 g/mol. The highest BCUT2D eigenvalue weighted by atomic mass is 16.5. The normalized spacial score (nSPS) is 22.5. The van der Waals surface area contributed by atoms with Gasteiger partial charge in [-0.25, -0.2) is 0 Å². The summed E-state index contributed by atoms with van der Waals surface area (Å²) in [6.45, 7) is 2.05. The fourth-order valence-corrected chi connectivity index (χ4v) is 3.29. The van der Waals surface area contributed by atoms with Crippen LogP contribution < -0.4 is 0 Å². The number of rotatable bonds is 2. The van der Waals surface area contributed by atoms with Crippen LogP contribution in [0.4, 0.5) is 0 Å². The molecule has 5 nitrogen and oxygen atoms in total. The van der Waals surface area contributed by atoms with Crippen molar-refractivity contribution in [2.75, 3.05) is 0 Å². The Hall–Kier alpha value is -1.65. The van der Waals surface area contributed by atoms with Crippen molar-refractivity contribution >= 4 is 11.8 Å². The van der Waals surface area contributed by atoms with E-state index >= 15 is 0 Å². The molecule has 1 saturated carbocycles. The molecule has 0 unspecified atom stereocenters. The monoisotopic (exact) mass is 262 g/mol. The Labute approximate surface area is 111 Å². The van der Waals surface area contributed by atoms with Gasteiger partial charge in [-0.3, -0.25) is 14.5 Å². The summed E-state index contributed by atoms with van der Waals surface area (Å²) in [7, 11) is 0. The molecule has 0 atom stereocenters. The van der Waals surface area contributed by atoms with Gasteiger partial charge in [0.25, 0.3) is 0 Å². The van der Waals surface area contributed by atoms with Crippen LogP contribution in [0.3, 0.4) is 0 Å². The minimum atomic E-state index is -0.412. The second-order valence-corrected chi connectivity index (χ2v) is 5.74. The zero-order valence-corrected chi connectivity index (χ0v) is 11.1. The number of nitrogens with zero attached hydrogens (tertiary/aromatic N) is 2. The van der Waals surface area contributed by atoms with E-state index in [9.17, 15) is 9.59 Å². The maximum atomic E-state index is 12.5. The first-order chi connectivity index (χ1) is 9.11. The first-order valence-electron chi connectivity index (χ1n) is 6.88. The maximum absolute atomic E-state index is 12.5. The highest BCUT2D eigenvalue weighted by Gasteiger charge is 2.51. The quantitative estimate of drug-likeness (QED) is 0.766. The molecule has 0 N–H and O–H groups in total. The van der Waals surface area contributed by atoms with E-state index in [1.807, 2.05) is 6.92 Å². The summed E-state index contributed by atoms with van der Waals surface area (Å²) in [5.41, 5.74) is 0.353. The summed E-state index contributed by atoms with van der Waals surface area (Å²) in [4.78, 5) is 26.0. The van der Waals surface area contributed by atoms with Crippen molar-refractivity contribution < 1.29 is 14.1 Å². The molecule has 2 heterocycles. The number of hydrogen-bond donors (Lipinski definition) is 0. The van der Waals surface area contributed by atoms with Crippen LogP contribution in [0.5, 0.6) is 0 Å². The van der Waals surface area contributed by atoms with Gasteiger partial charge in [0, 0.05) is 12.5 Å². The largest absolute Gasteiger partial charge is 0.359 e. The van der Waals surface area contributed by atoms with Crippen molar-refractivity contribution in [3.05, 3.63) is 17.5 Å². The minimum Gasteiger partial charge on any atom is -0.359 e. The number of amides is 2. The standard InChI is InChI=1S/C14H18N2O3/c1-10-7-11(19-15-10)9-16-12(17)8-14(13(16)18)5-3-2-4-6-14/h7H,2-6,8-9H2,1H3. The van der Waals surface area contributed by atoms with Gasteiger partial charge in [0.1, 0.15) is 0 Å². The molecule has 1 aromatic heterocycles. The fraction of sp³-hybridized carbons (Fsp3) is 0.643. The second-order valence-electron chi connectivity index (χ2n) is 5.74. The lowest BCUT2D eigenvalue weighted by Crippen LogP contribution is -2.36. The third kappa shape index (κ3) is 2.07. The van der Waals surface area contributed by atoms with Crippen molar-refractivity contribution in [2.45, 2.75) is 52.0 Å². The van der Waals surface area contributed by atoms with Gasteiger partial charge in [0.05, 0.1) is 17.7 Å². The van der Waals surface area contributed by atoms with E-state index in [2.05, 4.69) is 5.16 Å². The van der Waals surface area contributed by atoms with Crippen LogP contribution in [-0.2, 0) is 16.1 Å². The van der Waals surface area contributed by atoms with Gasteiger partial charge in [-0.1, -0.05) is 24.4 Å². The molecule has 102 valence electrons. The molecule has 0 radical (unpaired) electrons. The van der Waals surface area contributed by atoms with Crippen molar-refractivity contribution in [2.24, 2.45) is 5.41 Å². The highest BCUT2D eigenvalue weighted by molar-refractivity contribution is 6.05. The topological polar surface area (TPSA) is 63.4 Å². The van der Waals surface area contributed by atoms with E-state index in [0.717, 1.165) is 31.4 Å². The summed E-state index contributed by atoms with van der Waals surface area (Å²) >= 11 is 0. The minimum absolute atomic E-state index is 0.00810. The van der Waals surface area contributed by atoms with E-state index in [4.69, 9.17) is 4.52 Å². The average Bonchev–Trinajstić information content (AvgIpc) is 2.89. The maximum Gasteiger partial charge on any atom is 0.236 e. The molecule has 1 aliphatic heterocycles. The Bertz CT molecular complexity index is 515. The Morgan fingerprint density at radius 2 is 2.05 bits per heavy atom.